The van der Waals surface area contributed by atoms with Gasteiger partial charge in [-0.05, 0) is 12.5 Å². The largest absolute Gasteiger partial charge is 0.370 e. The molecule has 0 fully saturated rings. The van der Waals surface area contributed by atoms with E-state index >= 15 is 0 Å². The van der Waals surface area contributed by atoms with Crippen LogP contribution in [0.3, 0.4) is 0 Å². The number of fused-ring (bicyclic) bond motifs is 1. The van der Waals surface area contributed by atoms with E-state index in [1.165, 1.54) is 0 Å². The Morgan fingerprint density at radius 1 is 1.53 bits per heavy atom. The van der Waals surface area contributed by atoms with E-state index in [0.717, 1.165) is 16.8 Å². The normalized spacial score (nSPS) is 17.7. The number of amides is 2. The highest BCUT2D eigenvalue weighted by molar-refractivity contribution is 6.03. The van der Waals surface area contributed by atoms with Gasteiger partial charge >= 0.3 is 0 Å². The number of benzene rings is 1. The Kier molecular flexibility index (Phi) is 3.10. The van der Waals surface area contributed by atoms with Crippen molar-refractivity contribution in [1.82, 2.24) is 5.32 Å². The maximum Gasteiger partial charge on any atom is 0.246 e. The Morgan fingerprint density at radius 2 is 2.29 bits per heavy atom. The average molecular weight is 233 g/mol. The van der Waals surface area contributed by atoms with Gasteiger partial charge in [-0.25, -0.2) is 0 Å². The number of aryl methyl sites for hydroxylation is 1. The molecule has 0 aromatic heterocycles. The number of carbonyl (C=O) groups is 2. The first-order valence-electron chi connectivity index (χ1n) is 5.51. The van der Waals surface area contributed by atoms with Crippen molar-refractivity contribution in [1.29, 1.82) is 0 Å². The summed E-state index contributed by atoms with van der Waals surface area (Å²) in [6.45, 7) is 2.35. The molecule has 5 nitrogen and oxygen atoms in total. The maximum atomic E-state index is 11.8. The lowest BCUT2D eigenvalue weighted by molar-refractivity contribution is -0.119. The number of nitrogens with two attached hydrogens (primary N) is 1. The molecular weight excluding hydrogens is 218 g/mol. The van der Waals surface area contributed by atoms with Crippen LogP contribution in [0.15, 0.2) is 18.2 Å². The minimum Gasteiger partial charge on any atom is -0.370 e. The van der Waals surface area contributed by atoms with Crippen molar-refractivity contribution in [2.45, 2.75) is 19.4 Å². The molecule has 2 rings (SSSR count). The lowest BCUT2D eigenvalue weighted by atomic mass is 10.1. The van der Waals surface area contributed by atoms with E-state index in [9.17, 15) is 9.59 Å². The molecule has 0 radical (unpaired) electrons. The van der Waals surface area contributed by atoms with Crippen LogP contribution >= 0.6 is 0 Å². The van der Waals surface area contributed by atoms with Gasteiger partial charge in [-0.1, -0.05) is 18.2 Å². The number of primary amides is 1. The van der Waals surface area contributed by atoms with Crippen molar-refractivity contribution < 1.29 is 9.59 Å². The molecule has 17 heavy (non-hydrogen) atoms. The highest BCUT2D eigenvalue weighted by Gasteiger charge is 2.30. The molecular formula is C12H15N3O2. The van der Waals surface area contributed by atoms with E-state index < -0.39 is 0 Å². The fourth-order valence-corrected chi connectivity index (χ4v) is 1.98. The summed E-state index contributed by atoms with van der Waals surface area (Å²) in [5.74, 6) is -0.459. The van der Waals surface area contributed by atoms with Crippen LogP contribution < -0.4 is 16.4 Å². The van der Waals surface area contributed by atoms with Crippen LogP contribution in [0.25, 0.3) is 0 Å². The number of para-hydroxylation sites is 1. The van der Waals surface area contributed by atoms with Crippen LogP contribution in [0.5, 0.6) is 0 Å². The molecule has 1 heterocycles. The molecule has 4 N–H and O–H groups in total. The molecule has 1 unspecified atom stereocenters. The molecule has 90 valence electrons. The minimum atomic E-state index is -0.385. The van der Waals surface area contributed by atoms with Gasteiger partial charge in [0, 0.05) is 24.2 Å². The predicted octanol–water partition coefficient (Wildman–Crippen LogP) is 0.453. The summed E-state index contributed by atoms with van der Waals surface area (Å²) >= 11 is 0. The third kappa shape index (κ3) is 2.29. The fraction of sp³-hybridized carbons (Fsp3) is 0.333. The second kappa shape index (κ2) is 4.55. The third-order valence-electron chi connectivity index (χ3n) is 2.85. The fourth-order valence-electron chi connectivity index (χ4n) is 1.98. The Labute approximate surface area is 99.4 Å². The van der Waals surface area contributed by atoms with Gasteiger partial charge in [0.2, 0.25) is 11.8 Å². The lowest BCUT2D eigenvalue weighted by Crippen LogP contribution is -2.30. The van der Waals surface area contributed by atoms with E-state index in [-0.39, 0.29) is 24.3 Å². The molecule has 1 aromatic rings. The quantitative estimate of drug-likeness (QED) is 0.706. The summed E-state index contributed by atoms with van der Waals surface area (Å²) in [6, 6.07) is 5.38. The predicted molar refractivity (Wildman–Crippen MR) is 64.4 cm³/mol. The van der Waals surface area contributed by atoms with Gasteiger partial charge in [-0.3, -0.25) is 9.59 Å². The molecule has 5 heteroatoms. The minimum absolute atomic E-state index is 0.0845. The Balaban J connectivity index is 2.12. The van der Waals surface area contributed by atoms with E-state index in [1.807, 2.05) is 25.1 Å². The van der Waals surface area contributed by atoms with Gasteiger partial charge in [-0.2, -0.15) is 0 Å². The van der Waals surface area contributed by atoms with Gasteiger partial charge in [-0.15, -0.1) is 0 Å². The van der Waals surface area contributed by atoms with Crippen molar-refractivity contribution in [3.8, 4) is 0 Å². The molecule has 2 amide bonds. The smallest absolute Gasteiger partial charge is 0.246 e. The molecule has 0 bridgehead atoms. The molecule has 0 spiro atoms. The number of carbonyl (C=O) groups excluding carboxylic acids is 2. The number of nitrogens with one attached hydrogen (secondary N) is 2. The van der Waals surface area contributed by atoms with Crippen molar-refractivity contribution in [2.24, 2.45) is 5.73 Å². The molecule has 0 aliphatic carbocycles. The monoisotopic (exact) mass is 233 g/mol. The maximum absolute atomic E-state index is 11.8. The van der Waals surface area contributed by atoms with Crippen LogP contribution in [0.1, 0.15) is 23.6 Å². The van der Waals surface area contributed by atoms with Gasteiger partial charge < -0.3 is 16.4 Å². The van der Waals surface area contributed by atoms with Gasteiger partial charge in [0.25, 0.3) is 0 Å². The standard InChI is InChI=1S/C12H15N3O2/c1-7-3-2-4-8-10(7)15-12(17)11(8)14-6-5-9(13)16/h2-4,11,14H,5-6H2,1H3,(H2,13,16)(H,15,17). The summed E-state index contributed by atoms with van der Waals surface area (Å²) in [6.07, 6.45) is 0.227. The zero-order chi connectivity index (χ0) is 12.4. The van der Waals surface area contributed by atoms with Crippen molar-refractivity contribution in [2.75, 3.05) is 11.9 Å². The summed E-state index contributed by atoms with van der Waals surface area (Å²) in [4.78, 5) is 22.4. The Hall–Kier alpha value is -1.88. The van der Waals surface area contributed by atoms with E-state index in [4.69, 9.17) is 5.73 Å². The first kappa shape index (κ1) is 11.6. The zero-order valence-electron chi connectivity index (χ0n) is 9.62. The number of rotatable bonds is 4. The second-order valence-corrected chi connectivity index (χ2v) is 4.13. The van der Waals surface area contributed by atoms with Gasteiger partial charge in [0.1, 0.15) is 6.04 Å². The topological polar surface area (TPSA) is 84.2 Å². The summed E-state index contributed by atoms with van der Waals surface area (Å²) in [7, 11) is 0. The highest BCUT2D eigenvalue weighted by atomic mass is 16.2. The number of anilines is 1. The Bertz CT molecular complexity index is 471. The second-order valence-electron chi connectivity index (χ2n) is 4.13. The lowest BCUT2D eigenvalue weighted by Gasteiger charge is -2.10. The molecule has 1 aromatic carbocycles. The third-order valence-corrected chi connectivity index (χ3v) is 2.85. The van der Waals surface area contributed by atoms with Crippen molar-refractivity contribution >= 4 is 17.5 Å². The van der Waals surface area contributed by atoms with Crippen LogP contribution in [-0.2, 0) is 9.59 Å². The number of hydrogen-bond acceptors (Lipinski definition) is 3. The van der Waals surface area contributed by atoms with Crippen LogP contribution in [-0.4, -0.2) is 18.4 Å². The van der Waals surface area contributed by atoms with Crippen LogP contribution in [0, 0.1) is 6.92 Å². The zero-order valence-corrected chi connectivity index (χ0v) is 9.62. The Morgan fingerprint density at radius 3 is 3.00 bits per heavy atom. The summed E-state index contributed by atoms with van der Waals surface area (Å²) in [5, 5.41) is 5.87. The molecule has 1 atom stereocenters. The molecule has 1 aliphatic heterocycles. The van der Waals surface area contributed by atoms with Gasteiger partial charge in [0.15, 0.2) is 0 Å². The first-order valence-corrected chi connectivity index (χ1v) is 5.51. The average Bonchev–Trinajstić information content (AvgIpc) is 2.57. The summed E-state index contributed by atoms with van der Waals surface area (Å²) in [5.41, 5.74) is 7.89. The first-order chi connectivity index (χ1) is 8.09. The molecule has 0 saturated carbocycles. The molecule has 0 saturated heterocycles. The summed E-state index contributed by atoms with van der Waals surface area (Å²) < 4.78 is 0. The number of hydrogen-bond donors (Lipinski definition) is 3. The van der Waals surface area contributed by atoms with Crippen molar-refractivity contribution in [3.63, 3.8) is 0 Å². The van der Waals surface area contributed by atoms with Crippen LogP contribution in [0.4, 0.5) is 5.69 Å². The molecule has 1 aliphatic rings. The SMILES string of the molecule is Cc1cccc2c1NC(=O)C2NCCC(N)=O. The van der Waals surface area contributed by atoms with E-state index in [1.54, 1.807) is 0 Å². The van der Waals surface area contributed by atoms with E-state index in [2.05, 4.69) is 10.6 Å². The van der Waals surface area contributed by atoms with Crippen molar-refractivity contribution in [3.05, 3.63) is 29.3 Å². The highest BCUT2D eigenvalue weighted by Crippen LogP contribution is 2.32. The van der Waals surface area contributed by atoms with E-state index in [0.29, 0.717) is 6.54 Å². The van der Waals surface area contributed by atoms with Crippen LogP contribution in [0.2, 0.25) is 0 Å². The van der Waals surface area contributed by atoms with Gasteiger partial charge in [0.05, 0.1) is 0 Å².